The van der Waals surface area contributed by atoms with E-state index in [1.54, 1.807) is 0 Å². The second-order valence-electron chi connectivity index (χ2n) is 8.53. The molecule has 0 saturated heterocycles. The molecule has 0 aromatic carbocycles. The van der Waals surface area contributed by atoms with E-state index < -0.39 is 15.2 Å². The number of carbonyl (C=O) groups is 6. The smallest absolute Gasteiger partial charge is 0.321 e. The van der Waals surface area contributed by atoms with E-state index in [1.165, 1.54) is 27.7 Å². The van der Waals surface area contributed by atoms with E-state index in [0.29, 0.717) is 0 Å². The van der Waals surface area contributed by atoms with Crippen molar-refractivity contribution >= 4 is 47.6 Å². The van der Waals surface area contributed by atoms with E-state index in [-0.39, 0.29) is 63.5 Å². The summed E-state index contributed by atoms with van der Waals surface area (Å²) in [6.07, 6.45) is 0.167. The third kappa shape index (κ3) is 26.8. The number of hydrogen-bond donors (Lipinski definition) is 0. The van der Waals surface area contributed by atoms with Crippen LogP contribution in [0.3, 0.4) is 0 Å². The van der Waals surface area contributed by atoms with Gasteiger partial charge in [0.15, 0.2) is 0 Å². The highest BCUT2D eigenvalue weighted by Gasteiger charge is 2.30. The zero-order chi connectivity index (χ0) is 22.6. The highest BCUT2D eigenvalue weighted by molar-refractivity contribution is 6.98. The van der Waals surface area contributed by atoms with Gasteiger partial charge in [-0.1, -0.05) is 49.0 Å². The molecule has 0 aliphatic rings. The Bertz CT molecular complexity index is 488. The molecule has 161 valence electrons. The third-order valence-corrected chi connectivity index (χ3v) is 4.99. The lowest BCUT2D eigenvalue weighted by molar-refractivity contribution is -0.126. The molecule has 0 aromatic heterocycles. The first-order valence-corrected chi connectivity index (χ1v) is 9.87. The minimum absolute atomic E-state index is 0. The van der Waals surface area contributed by atoms with Gasteiger partial charge in [0, 0.05) is 10.8 Å². The highest BCUT2D eigenvalue weighted by Crippen LogP contribution is 2.18. The normalized spacial score (nSPS) is 9.93. The zero-order valence-corrected chi connectivity index (χ0v) is 19.6. The van der Waals surface area contributed by atoms with Gasteiger partial charge in [-0.25, -0.2) is 0 Å². The SMILES string of the molecule is C.CC(=O)CC(C)=O.CC(=O)CC(C)=O.CC(C)(C)[C](=O)[Al][C](=O)C(C)(C)C. The first-order valence-electron chi connectivity index (χ1n) is 8.72. The second kappa shape index (κ2) is 15.5. The molecule has 0 spiro atoms. The van der Waals surface area contributed by atoms with E-state index in [4.69, 9.17) is 0 Å². The Hall–Kier alpha value is -1.45. The summed E-state index contributed by atoms with van der Waals surface area (Å²) in [5, 5.41) is 0. The quantitative estimate of drug-likeness (QED) is 0.487. The molecule has 0 aliphatic heterocycles. The van der Waals surface area contributed by atoms with Crippen LogP contribution in [0.15, 0.2) is 0 Å². The summed E-state index contributed by atoms with van der Waals surface area (Å²) in [4.78, 5) is 63.2. The van der Waals surface area contributed by atoms with Gasteiger partial charge >= 0.3 is 15.2 Å². The van der Waals surface area contributed by atoms with Crippen LogP contribution in [0.25, 0.3) is 0 Å². The molecule has 0 rings (SSSR count). The number of ketones is 4. The van der Waals surface area contributed by atoms with Gasteiger partial charge < -0.3 is 9.59 Å². The standard InChI is InChI=1S/2C5H8O2.2C5H9O.CH4.Al/c2*1-4(6)3-5(2)7;2*1-5(2,3)4-6;;/h2*3H2,1-2H3;2*1-3H3;1H4;. The van der Waals surface area contributed by atoms with E-state index in [0.717, 1.165) is 0 Å². The number of carbonyl (C=O) groups excluding carboxylic acids is 6. The summed E-state index contributed by atoms with van der Waals surface area (Å²) in [6.45, 7) is 16.8. The lowest BCUT2D eigenvalue weighted by atomic mass is 9.99. The van der Waals surface area contributed by atoms with Crippen molar-refractivity contribution in [3.8, 4) is 0 Å². The van der Waals surface area contributed by atoms with Crippen molar-refractivity contribution in [1.29, 1.82) is 0 Å². The topological polar surface area (TPSA) is 102 Å². The van der Waals surface area contributed by atoms with Crippen LogP contribution in [0.4, 0.5) is 0 Å². The van der Waals surface area contributed by atoms with E-state index >= 15 is 0 Å². The van der Waals surface area contributed by atoms with Gasteiger partial charge in [0.1, 0.15) is 23.1 Å². The summed E-state index contributed by atoms with van der Waals surface area (Å²) in [6, 6.07) is 0. The second-order valence-corrected chi connectivity index (χ2v) is 9.87. The van der Waals surface area contributed by atoms with E-state index in [1.807, 2.05) is 41.5 Å². The molecule has 0 aromatic rings. The van der Waals surface area contributed by atoms with Crippen LogP contribution in [0.5, 0.6) is 0 Å². The van der Waals surface area contributed by atoms with Crippen molar-refractivity contribution in [2.45, 2.75) is 89.5 Å². The zero-order valence-electron chi connectivity index (χ0n) is 18.4. The van der Waals surface area contributed by atoms with Crippen molar-refractivity contribution in [2.24, 2.45) is 10.8 Å². The van der Waals surface area contributed by atoms with Gasteiger partial charge in [-0.05, 0) is 27.7 Å². The maximum Gasteiger partial charge on any atom is 0.422 e. The molecular formula is C21H38AlO6. The van der Waals surface area contributed by atoms with Crippen LogP contribution in [0, 0.1) is 10.8 Å². The molecule has 6 nitrogen and oxygen atoms in total. The Morgan fingerprint density at radius 2 is 0.714 bits per heavy atom. The Morgan fingerprint density at radius 3 is 0.786 bits per heavy atom. The molecule has 0 bridgehead atoms. The lowest BCUT2D eigenvalue weighted by Gasteiger charge is -2.20. The van der Waals surface area contributed by atoms with Crippen LogP contribution in [-0.4, -0.2) is 47.6 Å². The molecule has 0 aliphatic carbocycles. The molecule has 0 fully saturated rings. The average molecular weight is 414 g/mol. The summed E-state index contributed by atoms with van der Waals surface area (Å²) in [7, 11) is 0. The Balaban J connectivity index is -0.000000165. The molecule has 1 radical (unpaired) electrons. The Morgan fingerprint density at radius 1 is 0.536 bits per heavy atom. The Kier molecular flexibility index (Phi) is 18.8. The Labute approximate surface area is 176 Å². The van der Waals surface area contributed by atoms with Crippen molar-refractivity contribution in [3.05, 3.63) is 0 Å². The van der Waals surface area contributed by atoms with Gasteiger partial charge in [0.05, 0.1) is 22.1 Å². The molecule has 7 heteroatoms. The fourth-order valence-corrected chi connectivity index (χ4v) is 2.36. The fourth-order valence-electron chi connectivity index (χ4n) is 1.25. The van der Waals surface area contributed by atoms with Crippen LogP contribution >= 0.6 is 0 Å². The number of rotatable bonds is 6. The summed E-state index contributed by atoms with van der Waals surface area (Å²) < 4.78 is 0.208. The predicted molar refractivity (Wildman–Crippen MR) is 113 cm³/mol. The minimum atomic E-state index is -0.711. The predicted octanol–water partition coefficient (Wildman–Crippen LogP) is 3.58. The molecule has 28 heavy (non-hydrogen) atoms. The monoisotopic (exact) mass is 413 g/mol. The molecular weight excluding hydrogens is 375 g/mol. The third-order valence-electron chi connectivity index (χ3n) is 2.74. The van der Waals surface area contributed by atoms with E-state index in [2.05, 4.69) is 0 Å². The molecule has 0 amide bonds. The van der Waals surface area contributed by atoms with Crippen molar-refractivity contribution in [3.63, 3.8) is 0 Å². The summed E-state index contributed by atoms with van der Waals surface area (Å²) in [5.74, 6) is -0.250. The average Bonchev–Trinajstić information content (AvgIpc) is 2.33. The number of Topliss-reactive ketones (excluding diaryl/α,β-unsaturated/α-hetero) is 4. The van der Waals surface area contributed by atoms with Gasteiger partial charge in [-0.15, -0.1) is 0 Å². The lowest BCUT2D eigenvalue weighted by Crippen LogP contribution is -2.36. The van der Waals surface area contributed by atoms with Crippen molar-refractivity contribution < 1.29 is 28.8 Å². The van der Waals surface area contributed by atoms with Gasteiger partial charge in [-0.3, -0.25) is 19.2 Å². The van der Waals surface area contributed by atoms with Crippen LogP contribution in [0.2, 0.25) is 0 Å². The maximum atomic E-state index is 11.5. The first-order chi connectivity index (χ1) is 11.8. The van der Waals surface area contributed by atoms with Crippen molar-refractivity contribution in [2.75, 3.05) is 0 Å². The van der Waals surface area contributed by atoms with Crippen LogP contribution < -0.4 is 0 Å². The van der Waals surface area contributed by atoms with Crippen LogP contribution in [-0.2, 0) is 28.8 Å². The summed E-state index contributed by atoms with van der Waals surface area (Å²) >= 11 is -0.711. The first kappa shape index (κ1) is 34.1. The fraction of sp³-hybridized carbons (Fsp3) is 0.714. The number of hydrogen-bond acceptors (Lipinski definition) is 6. The van der Waals surface area contributed by atoms with Crippen LogP contribution in [0.1, 0.15) is 89.5 Å². The van der Waals surface area contributed by atoms with Gasteiger partial charge in [-0.2, -0.15) is 0 Å². The summed E-state index contributed by atoms with van der Waals surface area (Å²) in [5.41, 5.74) is -0.730. The molecule has 0 heterocycles. The van der Waals surface area contributed by atoms with Gasteiger partial charge in [0.25, 0.3) is 0 Å². The maximum absolute atomic E-state index is 11.5. The minimum Gasteiger partial charge on any atom is -0.321 e. The molecule has 0 atom stereocenters. The van der Waals surface area contributed by atoms with E-state index in [9.17, 15) is 28.8 Å². The van der Waals surface area contributed by atoms with Crippen molar-refractivity contribution in [1.82, 2.24) is 0 Å². The molecule has 0 N–H and O–H groups in total. The highest BCUT2D eigenvalue weighted by atomic mass is 27.1. The molecule has 0 unspecified atom stereocenters. The van der Waals surface area contributed by atoms with Gasteiger partial charge in [0.2, 0.25) is 0 Å². The largest absolute Gasteiger partial charge is 0.422 e. The molecule has 0 saturated carbocycles.